The van der Waals surface area contributed by atoms with Crippen LogP contribution < -0.4 is 19.7 Å². The molecule has 0 saturated carbocycles. The molecule has 0 spiro atoms. The van der Waals surface area contributed by atoms with E-state index in [0.29, 0.717) is 10.8 Å². The maximum atomic E-state index is 13.6. The number of amides is 2. The summed E-state index contributed by atoms with van der Waals surface area (Å²) in [7, 11) is -2.70. The highest BCUT2D eigenvalue weighted by molar-refractivity contribution is 7.92. The second-order valence-corrected chi connectivity index (χ2v) is 10.6. The van der Waals surface area contributed by atoms with Crippen molar-refractivity contribution in [1.82, 2.24) is 10.3 Å². The van der Waals surface area contributed by atoms with Crippen molar-refractivity contribution in [3.05, 3.63) is 113 Å². The third-order valence-corrected chi connectivity index (χ3v) is 7.68. The number of sulfonamides is 1. The van der Waals surface area contributed by atoms with Crippen LogP contribution in [0.3, 0.4) is 0 Å². The molecule has 2 N–H and O–H groups in total. The number of anilines is 2. The molecule has 0 atom stereocenters. The summed E-state index contributed by atoms with van der Waals surface area (Å²) in [5.74, 6) is -0.578. The van der Waals surface area contributed by atoms with E-state index in [0.717, 1.165) is 9.87 Å². The van der Waals surface area contributed by atoms with Gasteiger partial charge in [-0.25, -0.2) is 8.42 Å². The molecule has 4 rings (SSSR count). The van der Waals surface area contributed by atoms with Crippen LogP contribution in [0, 0.1) is 0 Å². The highest BCUT2D eigenvalue weighted by Gasteiger charge is 2.28. The lowest BCUT2D eigenvalue weighted by molar-refractivity contribution is -0.114. The molecule has 2 amide bonds. The van der Waals surface area contributed by atoms with Crippen LogP contribution in [-0.2, 0) is 21.4 Å². The molecule has 0 bridgehead atoms. The number of pyridine rings is 1. The van der Waals surface area contributed by atoms with Crippen molar-refractivity contribution < 1.29 is 22.7 Å². The third kappa shape index (κ3) is 6.92. The Morgan fingerprint density at radius 3 is 2.44 bits per heavy atom. The molecule has 0 unspecified atom stereocenters. The van der Waals surface area contributed by atoms with Crippen LogP contribution in [0.25, 0.3) is 0 Å². The molecule has 0 aliphatic rings. The number of aromatic nitrogens is 1. The van der Waals surface area contributed by atoms with Gasteiger partial charge in [0.25, 0.3) is 15.9 Å². The molecule has 1 aromatic heterocycles. The summed E-state index contributed by atoms with van der Waals surface area (Å²) in [5.41, 5.74) is 1.48. The van der Waals surface area contributed by atoms with Gasteiger partial charge in [-0.2, -0.15) is 0 Å². The fourth-order valence-electron chi connectivity index (χ4n) is 3.71. The Kier molecular flexibility index (Phi) is 8.80. The molecular formula is C28H25ClN4O5S. The monoisotopic (exact) mass is 564 g/mol. The van der Waals surface area contributed by atoms with Gasteiger partial charge in [0.2, 0.25) is 5.91 Å². The Hall–Kier alpha value is -4.41. The number of ether oxygens (including phenoxy) is 1. The lowest BCUT2D eigenvalue weighted by atomic mass is 10.1. The molecule has 11 heteroatoms. The Morgan fingerprint density at radius 2 is 1.74 bits per heavy atom. The van der Waals surface area contributed by atoms with Gasteiger partial charge in [0, 0.05) is 24.0 Å². The predicted octanol–water partition coefficient (Wildman–Crippen LogP) is 4.51. The molecule has 0 saturated heterocycles. The average Bonchev–Trinajstić information content (AvgIpc) is 2.95. The fraction of sp³-hybridized carbons (Fsp3) is 0.107. The molecule has 0 aliphatic carbocycles. The molecule has 200 valence electrons. The maximum Gasteiger partial charge on any atom is 0.264 e. The van der Waals surface area contributed by atoms with E-state index in [1.807, 2.05) is 6.07 Å². The summed E-state index contributed by atoms with van der Waals surface area (Å²) in [5, 5.41) is 5.77. The van der Waals surface area contributed by atoms with Crippen molar-refractivity contribution in [2.45, 2.75) is 11.4 Å². The summed E-state index contributed by atoms with van der Waals surface area (Å²) in [4.78, 5) is 30.1. The first-order valence-electron chi connectivity index (χ1n) is 11.8. The van der Waals surface area contributed by atoms with E-state index in [9.17, 15) is 18.0 Å². The van der Waals surface area contributed by atoms with Crippen LogP contribution in [0.15, 0.2) is 102 Å². The lowest BCUT2D eigenvalue weighted by Crippen LogP contribution is -2.38. The van der Waals surface area contributed by atoms with Crippen molar-refractivity contribution >= 4 is 44.8 Å². The van der Waals surface area contributed by atoms with Crippen LogP contribution in [-0.4, -0.2) is 38.9 Å². The van der Waals surface area contributed by atoms with Gasteiger partial charge in [0.15, 0.2) is 0 Å². The minimum atomic E-state index is -4.18. The van der Waals surface area contributed by atoms with Gasteiger partial charge in [0.1, 0.15) is 12.3 Å². The van der Waals surface area contributed by atoms with Crippen LogP contribution in [0.4, 0.5) is 11.4 Å². The van der Waals surface area contributed by atoms with E-state index >= 15 is 0 Å². The maximum absolute atomic E-state index is 13.6. The van der Waals surface area contributed by atoms with E-state index in [-0.39, 0.29) is 28.4 Å². The SMILES string of the molecule is COc1ccc(S(=O)(=O)N(CC(=O)Nc2ccccc2C(=O)NCc2cccnc2)c2cccc(Cl)c2)cc1. The first-order chi connectivity index (χ1) is 18.8. The number of nitrogens with zero attached hydrogens (tertiary/aromatic N) is 2. The molecule has 0 radical (unpaired) electrons. The zero-order valence-corrected chi connectivity index (χ0v) is 22.4. The largest absolute Gasteiger partial charge is 0.497 e. The minimum absolute atomic E-state index is 0.0359. The zero-order chi connectivity index (χ0) is 27.8. The van der Waals surface area contributed by atoms with E-state index in [4.69, 9.17) is 16.3 Å². The van der Waals surface area contributed by atoms with Crippen molar-refractivity contribution in [1.29, 1.82) is 0 Å². The number of hydrogen-bond acceptors (Lipinski definition) is 6. The summed E-state index contributed by atoms with van der Waals surface area (Å²) in [6, 6.07) is 22.1. The topological polar surface area (TPSA) is 118 Å². The second-order valence-electron chi connectivity index (χ2n) is 8.30. The zero-order valence-electron chi connectivity index (χ0n) is 20.9. The van der Waals surface area contributed by atoms with E-state index in [1.54, 1.807) is 60.9 Å². The lowest BCUT2D eigenvalue weighted by Gasteiger charge is -2.24. The molecule has 39 heavy (non-hydrogen) atoms. The van der Waals surface area contributed by atoms with Crippen molar-refractivity contribution in [2.75, 3.05) is 23.3 Å². The molecule has 3 aromatic carbocycles. The van der Waals surface area contributed by atoms with Gasteiger partial charge in [-0.1, -0.05) is 35.9 Å². The van der Waals surface area contributed by atoms with E-state index in [1.165, 1.54) is 37.4 Å². The molecule has 4 aromatic rings. The highest BCUT2D eigenvalue weighted by atomic mass is 35.5. The number of para-hydroxylation sites is 1. The van der Waals surface area contributed by atoms with Crippen molar-refractivity contribution in [2.24, 2.45) is 0 Å². The molecule has 1 heterocycles. The minimum Gasteiger partial charge on any atom is -0.497 e. The quantitative estimate of drug-likeness (QED) is 0.293. The Balaban J connectivity index is 1.57. The van der Waals surface area contributed by atoms with E-state index in [2.05, 4.69) is 15.6 Å². The second kappa shape index (κ2) is 12.4. The van der Waals surface area contributed by atoms with Gasteiger partial charge >= 0.3 is 0 Å². The number of carbonyl (C=O) groups is 2. The smallest absolute Gasteiger partial charge is 0.264 e. The van der Waals surface area contributed by atoms with Gasteiger partial charge < -0.3 is 15.4 Å². The molecular weight excluding hydrogens is 540 g/mol. The Morgan fingerprint density at radius 1 is 0.974 bits per heavy atom. The number of benzene rings is 3. The van der Waals surface area contributed by atoms with E-state index < -0.39 is 28.4 Å². The summed E-state index contributed by atoms with van der Waals surface area (Å²) in [6.07, 6.45) is 3.28. The third-order valence-electron chi connectivity index (χ3n) is 5.65. The van der Waals surface area contributed by atoms with Crippen LogP contribution in [0.2, 0.25) is 5.02 Å². The predicted molar refractivity (Wildman–Crippen MR) is 149 cm³/mol. The normalized spacial score (nSPS) is 10.9. The van der Waals surface area contributed by atoms with Gasteiger partial charge in [-0.15, -0.1) is 0 Å². The number of halogens is 1. The molecule has 0 aliphatic heterocycles. The summed E-state index contributed by atoms with van der Waals surface area (Å²) < 4.78 is 33.3. The number of hydrogen-bond donors (Lipinski definition) is 2. The molecule has 0 fully saturated rings. The highest BCUT2D eigenvalue weighted by Crippen LogP contribution is 2.27. The Labute approximate surface area is 231 Å². The van der Waals surface area contributed by atoms with Gasteiger partial charge in [0.05, 0.1) is 28.9 Å². The fourth-order valence-corrected chi connectivity index (χ4v) is 5.31. The van der Waals surface area contributed by atoms with Crippen molar-refractivity contribution in [3.8, 4) is 5.75 Å². The van der Waals surface area contributed by atoms with Crippen LogP contribution in [0.1, 0.15) is 15.9 Å². The number of nitrogens with one attached hydrogen (secondary N) is 2. The molecule has 9 nitrogen and oxygen atoms in total. The van der Waals surface area contributed by atoms with Gasteiger partial charge in [-0.05, 0) is 66.2 Å². The van der Waals surface area contributed by atoms with Crippen LogP contribution in [0.5, 0.6) is 5.75 Å². The van der Waals surface area contributed by atoms with Crippen molar-refractivity contribution in [3.63, 3.8) is 0 Å². The first kappa shape index (κ1) is 27.6. The average molecular weight is 565 g/mol. The first-order valence-corrected chi connectivity index (χ1v) is 13.6. The standard InChI is InChI=1S/C28H25ClN4O5S/c1-38-23-11-13-24(14-12-23)39(36,37)33(22-8-4-7-21(29)16-22)19-27(34)32-26-10-3-2-9-25(26)28(35)31-18-20-6-5-15-30-17-20/h2-17H,18-19H2,1H3,(H,31,35)(H,32,34). The summed E-state index contributed by atoms with van der Waals surface area (Å²) in [6.45, 7) is -0.321. The van der Waals surface area contributed by atoms with Gasteiger partial charge in [-0.3, -0.25) is 18.9 Å². The number of methoxy groups -OCH3 is 1. The number of carbonyl (C=O) groups excluding carboxylic acids is 2. The Bertz CT molecular complexity index is 1560. The van der Waals surface area contributed by atoms with Crippen LogP contribution >= 0.6 is 11.6 Å². The summed E-state index contributed by atoms with van der Waals surface area (Å²) >= 11 is 6.13. The number of rotatable bonds is 10.